The molecule has 190 valence electrons. The summed E-state index contributed by atoms with van der Waals surface area (Å²) in [4.78, 5) is 0. The van der Waals surface area contributed by atoms with Gasteiger partial charge in [-0.2, -0.15) is 0 Å². The Bertz CT molecular complexity index is 1280. The Balaban J connectivity index is 1.24. The Morgan fingerprint density at radius 1 is 1.06 bits per heavy atom. The molecule has 1 saturated heterocycles. The van der Waals surface area contributed by atoms with Crippen molar-refractivity contribution < 1.29 is 9.38 Å². The maximum absolute atomic E-state index is 13.5. The maximum Gasteiger partial charge on any atom is 0.0975 e. The third-order valence-electron chi connectivity index (χ3n) is 11.3. The van der Waals surface area contributed by atoms with Crippen LogP contribution in [0.15, 0.2) is 65.8 Å². The topological polar surface area (TPSA) is 32.3 Å². The number of hydrogen-bond donors (Lipinski definition) is 0. The van der Waals surface area contributed by atoms with Gasteiger partial charge in [0.2, 0.25) is 0 Å². The second-order valence-electron chi connectivity index (χ2n) is 13.1. The van der Waals surface area contributed by atoms with Crippen molar-refractivity contribution >= 4 is 10.8 Å². The molecule has 3 fully saturated rings. The average molecular weight is 484 g/mol. The number of quaternary nitrogens is 1. The van der Waals surface area contributed by atoms with Gasteiger partial charge in [0.15, 0.2) is 0 Å². The Morgan fingerprint density at radius 2 is 1.89 bits per heavy atom. The van der Waals surface area contributed by atoms with Gasteiger partial charge in [-0.3, -0.25) is 0 Å². The average Bonchev–Trinajstić information content (AvgIpc) is 3.38. The largest absolute Gasteiger partial charge is 0.633 e. The third-order valence-corrected chi connectivity index (χ3v) is 11.3. The lowest BCUT2D eigenvalue weighted by Crippen LogP contribution is -2.57. The van der Waals surface area contributed by atoms with Crippen LogP contribution in [0.4, 0.5) is 0 Å². The van der Waals surface area contributed by atoms with E-state index in [0.717, 1.165) is 44.9 Å². The number of allylic oxidation sites excluding steroid dienone is 1. The monoisotopic (exact) mass is 483 g/mol. The van der Waals surface area contributed by atoms with Crippen LogP contribution < -0.4 is 0 Å². The standard InChI is InChI=1S/C33H41NO2/c1-4-19-34(3,35)28-12-11-26-21-27-15-16-31(2)29(25-10-9-23-7-5-6-8-24(23)20-25)13-14-30(31)33(27)18-17-32(26,22-28)36-33/h5-10,15,20-21,28-30H,4,11-14,16-19,22H2,1-3H3/t28-,29+,30+,31+,32+,33?,34?/m0/s1. The lowest BCUT2D eigenvalue weighted by molar-refractivity contribution is -0.888. The normalized spacial score (nSPS) is 40.6. The van der Waals surface area contributed by atoms with Crippen LogP contribution in [0.1, 0.15) is 83.1 Å². The second kappa shape index (κ2) is 7.79. The predicted molar refractivity (Wildman–Crippen MR) is 146 cm³/mol. The summed E-state index contributed by atoms with van der Waals surface area (Å²) in [6, 6.07) is 16.1. The quantitative estimate of drug-likeness (QED) is 0.328. The summed E-state index contributed by atoms with van der Waals surface area (Å²) in [7, 11) is 1.90. The van der Waals surface area contributed by atoms with Gasteiger partial charge in [0.05, 0.1) is 30.8 Å². The van der Waals surface area contributed by atoms with Gasteiger partial charge in [0, 0.05) is 12.8 Å². The van der Waals surface area contributed by atoms with Crippen LogP contribution in [0.2, 0.25) is 0 Å². The minimum absolute atomic E-state index is 0.101. The molecule has 2 aliphatic heterocycles. The SMILES string of the molecule is CCC[N+](C)([O-])[C@H]1CCC2=CC3=CC[C@]4(C)[C@@H](c5ccc6ccccc6c5)CC[C@H]4C34CC[C@]2(C1)O4. The van der Waals surface area contributed by atoms with Gasteiger partial charge >= 0.3 is 0 Å². The molecule has 0 aromatic heterocycles. The fraction of sp³-hybridized carbons (Fsp3) is 0.576. The van der Waals surface area contributed by atoms with Gasteiger partial charge in [0.25, 0.3) is 0 Å². The second-order valence-corrected chi connectivity index (χ2v) is 13.1. The van der Waals surface area contributed by atoms with Gasteiger partial charge in [-0.1, -0.05) is 68.5 Å². The van der Waals surface area contributed by atoms with Crippen molar-refractivity contribution in [3.05, 3.63) is 76.5 Å². The molecule has 2 heterocycles. The molecule has 2 aromatic carbocycles. The van der Waals surface area contributed by atoms with Crippen LogP contribution in [0.5, 0.6) is 0 Å². The molecule has 0 radical (unpaired) electrons. The van der Waals surface area contributed by atoms with Crippen LogP contribution in [0, 0.1) is 16.5 Å². The Hall–Kier alpha value is -1.94. The highest BCUT2D eigenvalue weighted by Gasteiger charge is 2.67. The van der Waals surface area contributed by atoms with Crippen molar-refractivity contribution in [3.63, 3.8) is 0 Å². The first-order valence-electron chi connectivity index (χ1n) is 14.5. The molecule has 0 N–H and O–H groups in total. The zero-order chi connectivity index (χ0) is 24.8. The van der Waals surface area contributed by atoms with Crippen LogP contribution in [0.3, 0.4) is 0 Å². The minimum Gasteiger partial charge on any atom is -0.633 e. The Labute approximate surface area is 216 Å². The highest BCUT2D eigenvalue weighted by atomic mass is 16.6. The van der Waals surface area contributed by atoms with Gasteiger partial charge in [-0.25, -0.2) is 0 Å². The zero-order valence-electron chi connectivity index (χ0n) is 22.3. The van der Waals surface area contributed by atoms with Crippen molar-refractivity contribution in [3.8, 4) is 0 Å². The minimum atomic E-state index is -0.197. The van der Waals surface area contributed by atoms with Crippen LogP contribution in [-0.2, 0) is 4.74 Å². The molecular weight excluding hydrogens is 442 g/mol. The molecular formula is C33H41NO2. The summed E-state index contributed by atoms with van der Waals surface area (Å²) in [5, 5.41) is 16.1. The highest BCUT2D eigenvalue weighted by Crippen LogP contribution is 2.69. The number of rotatable bonds is 4. The van der Waals surface area contributed by atoms with E-state index in [-0.39, 0.29) is 27.3 Å². The van der Waals surface area contributed by atoms with Crippen molar-refractivity contribution in [1.29, 1.82) is 0 Å². The molecule has 3 nitrogen and oxygen atoms in total. The molecule has 7 atom stereocenters. The molecule has 3 heteroatoms. The number of hydroxylamine groups is 3. The lowest BCUT2D eigenvalue weighted by Gasteiger charge is -2.56. The summed E-state index contributed by atoms with van der Waals surface area (Å²) in [5.41, 5.74) is 4.32. The van der Waals surface area contributed by atoms with E-state index in [1.807, 2.05) is 7.05 Å². The van der Waals surface area contributed by atoms with Crippen molar-refractivity contribution in [1.82, 2.24) is 0 Å². The summed E-state index contributed by atoms with van der Waals surface area (Å²) < 4.78 is 7.33. The summed E-state index contributed by atoms with van der Waals surface area (Å²) in [5.74, 6) is 1.11. The number of benzene rings is 2. The molecule has 2 saturated carbocycles. The molecule has 2 bridgehead atoms. The predicted octanol–water partition coefficient (Wildman–Crippen LogP) is 7.80. The van der Waals surface area contributed by atoms with Crippen LogP contribution in [0.25, 0.3) is 10.8 Å². The van der Waals surface area contributed by atoms with Crippen molar-refractivity contribution in [2.45, 2.75) is 94.8 Å². The maximum atomic E-state index is 13.5. The van der Waals surface area contributed by atoms with E-state index in [9.17, 15) is 5.21 Å². The van der Waals surface area contributed by atoms with Crippen LogP contribution >= 0.6 is 0 Å². The first kappa shape index (κ1) is 23.2. The van der Waals surface area contributed by atoms with Crippen LogP contribution in [-0.4, -0.2) is 35.5 Å². The molecule has 7 rings (SSSR count). The molecule has 5 aliphatic rings. The molecule has 2 spiro atoms. The zero-order valence-corrected chi connectivity index (χ0v) is 22.3. The molecule has 2 unspecified atom stereocenters. The van der Waals surface area contributed by atoms with Gasteiger partial charge in [-0.05, 0) is 89.7 Å². The Kier molecular flexibility index (Phi) is 5.02. The molecule has 3 aliphatic carbocycles. The number of nitrogens with zero attached hydrogens (tertiary/aromatic N) is 1. The number of hydrogen-bond acceptors (Lipinski definition) is 2. The molecule has 0 amide bonds. The lowest BCUT2D eigenvalue weighted by atomic mass is 9.58. The van der Waals surface area contributed by atoms with Crippen molar-refractivity contribution in [2.75, 3.05) is 13.6 Å². The van der Waals surface area contributed by atoms with E-state index < -0.39 is 0 Å². The fourth-order valence-electron chi connectivity index (χ4n) is 9.45. The summed E-state index contributed by atoms with van der Waals surface area (Å²) in [6.45, 7) is 5.40. The van der Waals surface area contributed by atoms with Gasteiger partial charge in [0.1, 0.15) is 0 Å². The summed E-state index contributed by atoms with van der Waals surface area (Å²) >= 11 is 0. The first-order valence-corrected chi connectivity index (χ1v) is 14.5. The van der Waals surface area contributed by atoms with E-state index in [2.05, 4.69) is 68.5 Å². The first-order chi connectivity index (χ1) is 17.3. The summed E-state index contributed by atoms with van der Waals surface area (Å²) in [6.07, 6.45) is 14.8. The van der Waals surface area contributed by atoms with E-state index in [4.69, 9.17) is 4.74 Å². The van der Waals surface area contributed by atoms with E-state index in [1.54, 1.807) is 0 Å². The Morgan fingerprint density at radius 3 is 2.72 bits per heavy atom. The van der Waals surface area contributed by atoms with Gasteiger partial charge < -0.3 is 14.6 Å². The van der Waals surface area contributed by atoms with E-state index in [0.29, 0.717) is 18.4 Å². The smallest absolute Gasteiger partial charge is 0.0975 e. The van der Waals surface area contributed by atoms with Crippen molar-refractivity contribution in [2.24, 2.45) is 11.3 Å². The third kappa shape index (κ3) is 3.09. The number of ether oxygens (including phenoxy) is 1. The molecule has 36 heavy (non-hydrogen) atoms. The van der Waals surface area contributed by atoms with E-state index >= 15 is 0 Å². The number of fused-ring (bicyclic) bond motifs is 2. The fourth-order valence-corrected chi connectivity index (χ4v) is 9.45. The van der Waals surface area contributed by atoms with E-state index in [1.165, 1.54) is 40.3 Å². The van der Waals surface area contributed by atoms with Gasteiger partial charge in [-0.15, -0.1) is 0 Å². The highest BCUT2D eigenvalue weighted by molar-refractivity contribution is 5.83. The molecule has 2 aromatic rings.